The van der Waals surface area contributed by atoms with Crippen LogP contribution in [0.25, 0.3) is 0 Å². The summed E-state index contributed by atoms with van der Waals surface area (Å²) in [6, 6.07) is 5.53. The fourth-order valence-electron chi connectivity index (χ4n) is 2.31. The molecule has 1 aliphatic heterocycles. The number of benzene rings is 1. The van der Waals surface area contributed by atoms with Gasteiger partial charge in [-0.3, -0.25) is 0 Å². The van der Waals surface area contributed by atoms with Gasteiger partial charge in [0.1, 0.15) is 0 Å². The van der Waals surface area contributed by atoms with E-state index >= 15 is 0 Å². The van der Waals surface area contributed by atoms with Gasteiger partial charge in [-0.2, -0.15) is 0 Å². The van der Waals surface area contributed by atoms with E-state index in [9.17, 15) is 0 Å². The molecule has 0 radical (unpaired) electrons. The molecule has 0 saturated carbocycles. The van der Waals surface area contributed by atoms with Crippen LogP contribution in [0.15, 0.2) is 18.2 Å². The number of rotatable bonds is 3. The van der Waals surface area contributed by atoms with Crippen LogP contribution in [-0.2, 0) is 4.74 Å². The molecule has 0 spiro atoms. The average Bonchev–Trinajstić information content (AvgIpc) is 2.32. The highest BCUT2D eigenvalue weighted by Gasteiger charge is 2.25. The molecule has 1 N–H and O–H groups in total. The quantitative estimate of drug-likeness (QED) is 0.905. The molecule has 4 heteroatoms. The second kappa shape index (κ2) is 6.25. The first-order valence-electron chi connectivity index (χ1n) is 6.37. The number of ether oxygens (including phenoxy) is 1. The van der Waals surface area contributed by atoms with Crippen molar-refractivity contribution in [3.05, 3.63) is 33.8 Å². The predicted molar refractivity (Wildman–Crippen MR) is 76.4 cm³/mol. The van der Waals surface area contributed by atoms with Crippen LogP contribution in [0.1, 0.15) is 31.9 Å². The highest BCUT2D eigenvalue weighted by atomic mass is 35.5. The molecule has 0 aliphatic carbocycles. The zero-order chi connectivity index (χ0) is 13.1. The van der Waals surface area contributed by atoms with Gasteiger partial charge in [0, 0.05) is 28.7 Å². The third-order valence-corrected chi connectivity index (χ3v) is 3.68. The maximum Gasteiger partial charge on any atom is 0.0968 e. The third kappa shape index (κ3) is 3.61. The zero-order valence-corrected chi connectivity index (χ0v) is 12.3. The Bertz CT molecular complexity index is 409. The molecule has 0 bridgehead atoms. The van der Waals surface area contributed by atoms with Gasteiger partial charge < -0.3 is 10.1 Å². The van der Waals surface area contributed by atoms with E-state index in [2.05, 4.69) is 19.2 Å². The van der Waals surface area contributed by atoms with Crippen LogP contribution in [0.5, 0.6) is 0 Å². The summed E-state index contributed by atoms with van der Waals surface area (Å²) in [6.07, 6.45) is 1.30. The predicted octanol–water partition coefficient (Wildman–Crippen LogP) is 4.07. The normalized spacial score (nSPS) is 24.5. The van der Waals surface area contributed by atoms with Crippen LogP contribution in [0.3, 0.4) is 0 Å². The van der Waals surface area contributed by atoms with Gasteiger partial charge in [-0.15, -0.1) is 0 Å². The minimum atomic E-state index is -0.00583. The van der Waals surface area contributed by atoms with Gasteiger partial charge in [0.2, 0.25) is 0 Å². The smallest absolute Gasteiger partial charge is 0.0968 e. The molecule has 2 rings (SSSR count). The van der Waals surface area contributed by atoms with E-state index in [1.165, 1.54) is 0 Å². The van der Waals surface area contributed by atoms with E-state index < -0.39 is 0 Å². The molecule has 2 unspecified atom stereocenters. The summed E-state index contributed by atoms with van der Waals surface area (Å²) < 4.78 is 6.11. The van der Waals surface area contributed by atoms with E-state index in [-0.39, 0.29) is 12.2 Å². The topological polar surface area (TPSA) is 21.3 Å². The summed E-state index contributed by atoms with van der Waals surface area (Å²) in [6.45, 7) is 6.11. The van der Waals surface area contributed by atoms with Gasteiger partial charge in [-0.1, -0.05) is 37.0 Å². The maximum atomic E-state index is 6.22. The second-order valence-electron chi connectivity index (χ2n) is 5.20. The van der Waals surface area contributed by atoms with Gasteiger partial charge in [0.15, 0.2) is 0 Å². The van der Waals surface area contributed by atoms with Crippen molar-refractivity contribution in [2.24, 2.45) is 5.92 Å². The summed E-state index contributed by atoms with van der Waals surface area (Å²) in [4.78, 5) is 0. The lowest BCUT2D eigenvalue weighted by molar-refractivity contribution is -0.0473. The van der Waals surface area contributed by atoms with Crippen LogP contribution in [0.2, 0.25) is 10.0 Å². The van der Waals surface area contributed by atoms with Gasteiger partial charge in [0.25, 0.3) is 0 Å². The molecule has 1 saturated heterocycles. The molecule has 100 valence electrons. The summed E-state index contributed by atoms with van der Waals surface area (Å²) in [5.41, 5.74) is 0.977. The number of nitrogens with one attached hydrogen (secondary N) is 1. The van der Waals surface area contributed by atoms with Crippen molar-refractivity contribution in [2.45, 2.75) is 32.5 Å². The standard InChI is InChI=1S/C14H19Cl2NO/c1-9(2)5-11-7-17-8-14(18-11)12-6-10(15)3-4-13(12)16/h3-4,6,9,11,14,17H,5,7-8H2,1-2H3. The van der Waals surface area contributed by atoms with E-state index in [1.807, 2.05) is 12.1 Å². The van der Waals surface area contributed by atoms with Crippen molar-refractivity contribution in [3.8, 4) is 0 Å². The van der Waals surface area contributed by atoms with E-state index in [0.29, 0.717) is 10.9 Å². The Labute approximate surface area is 119 Å². The Morgan fingerprint density at radius 3 is 2.83 bits per heavy atom. The third-order valence-electron chi connectivity index (χ3n) is 3.10. The second-order valence-corrected chi connectivity index (χ2v) is 6.04. The molecule has 0 amide bonds. The van der Waals surface area contributed by atoms with E-state index in [4.69, 9.17) is 27.9 Å². The van der Waals surface area contributed by atoms with Gasteiger partial charge in [0.05, 0.1) is 12.2 Å². The van der Waals surface area contributed by atoms with Crippen molar-refractivity contribution >= 4 is 23.2 Å². The summed E-state index contributed by atoms with van der Waals surface area (Å²) in [5.74, 6) is 0.630. The Morgan fingerprint density at radius 2 is 2.11 bits per heavy atom. The van der Waals surface area contributed by atoms with Crippen molar-refractivity contribution in [3.63, 3.8) is 0 Å². The molecule has 2 nitrogen and oxygen atoms in total. The number of morpholine rings is 1. The van der Waals surface area contributed by atoms with Gasteiger partial charge in [-0.05, 0) is 30.5 Å². The largest absolute Gasteiger partial charge is 0.368 e. The Morgan fingerprint density at radius 1 is 1.33 bits per heavy atom. The van der Waals surface area contributed by atoms with Crippen molar-refractivity contribution in [1.82, 2.24) is 5.32 Å². The minimum Gasteiger partial charge on any atom is -0.368 e. The van der Waals surface area contributed by atoms with Crippen LogP contribution in [-0.4, -0.2) is 19.2 Å². The van der Waals surface area contributed by atoms with Crippen LogP contribution in [0, 0.1) is 5.92 Å². The van der Waals surface area contributed by atoms with Crippen molar-refractivity contribution in [1.29, 1.82) is 0 Å². The van der Waals surface area contributed by atoms with Gasteiger partial charge >= 0.3 is 0 Å². The van der Waals surface area contributed by atoms with E-state index in [0.717, 1.165) is 30.1 Å². The molecule has 1 heterocycles. The first kappa shape index (κ1) is 14.1. The Hall–Kier alpha value is -0.280. The van der Waals surface area contributed by atoms with Crippen LogP contribution < -0.4 is 5.32 Å². The number of hydrogen-bond acceptors (Lipinski definition) is 2. The molecule has 18 heavy (non-hydrogen) atoms. The number of halogens is 2. The monoisotopic (exact) mass is 287 g/mol. The average molecular weight is 288 g/mol. The molecular formula is C14H19Cl2NO. The SMILES string of the molecule is CC(C)CC1CNCC(c2cc(Cl)ccc2Cl)O1. The minimum absolute atomic E-state index is 0.00583. The molecule has 1 aromatic rings. The number of hydrogen-bond donors (Lipinski definition) is 1. The lowest BCUT2D eigenvalue weighted by atomic mass is 10.0. The summed E-state index contributed by atoms with van der Waals surface area (Å²) >= 11 is 12.2. The molecular weight excluding hydrogens is 269 g/mol. The Balaban J connectivity index is 2.10. The fourth-order valence-corrected chi connectivity index (χ4v) is 2.73. The molecule has 1 aromatic carbocycles. The summed E-state index contributed by atoms with van der Waals surface area (Å²) in [7, 11) is 0. The summed E-state index contributed by atoms with van der Waals surface area (Å²) in [5, 5.41) is 4.83. The Kier molecular flexibility index (Phi) is 4.91. The highest BCUT2D eigenvalue weighted by molar-refractivity contribution is 6.33. The molecule has 2 atom stereocenters. The van der Waals surface area contributed by atoms with Crippen LogP contribution in [0.4, 0.5) is 0 Å². The first-order valence-corrected chi connectivity index (χ1v) is 7.13. The van der Waals surface area contributed by atoms with Crippen molar-refractivity contribution in [2.75, 3.05) is 13.1 Å². The first-order chi connectivity index (χ1) is 8.56. The lowest BCUT2D eigenvalue weighted by Crippen LogP contribution is -2.41. The van der Waals surface area contributed by atoms with E-state index in [1.54, 1.807) is 6.07 Å². The van der Waals surface area contributed by atoms with Crippen LogP contribution >= 0.6 is 23.2 Å². The molecule has 1 fully saturated rings. The molecule has 1 aliphatic rings. The van der Waals surface area contributed by atoms with Gasteiger partial charge in [-0.25, -0.2) is 0 Å². The zero-order valence-electron chi connectivity index (χ0n) is 10.7. The molecule has 0 aromatic heterocycles. The fraction of sp³-hybridized carbons (Fsp3) is 0.571. The highest BCUT2D eigenvalue weighted by Crippen LogP contribution is 2.31. The lowest BCUT2D eigenvalue weighted by Gasteiger charge is -2.32. The van der Waals surface area contributed by atoms with Crippen molar-refractivity contribution < 1.29 is 4.74 Å². The maximum absolute atomic E-state index is 6.22.